The Morgan fingerprint density at radius 1 is 1.33 bits per heavy atom. The Bertz CT molecular complexity index is 767. The van der Waals surface area contributed by atoms with Gasteiger partial charge in [-0.15, -0.1) is 11.3 Å². The van der Waals surface area contributed by atoms with Crippen LogP contribution in [-0.4, -0.2) is 34.7 Å². The van der Waals surface area contributed by atoms with Crippen LogP contribution in [0.2, 0.25) is 0 Å². The van der Waals surface area contributed by atoms with E-state index >= 15 is 0 Å². The molecule has 2 aromatic rings. The molecule has 1 unspecified atom stereocenters. The highest BCUT2D eigenvalue weighted by Gasteiger charge is 2.30. The number of nitrogens with zero attached hydrogens (tertiary/aromatic N) is 1. The van der Waals surface area contributed by atoms with Crippen LogP contribution in [0, 0.1) is 0 Å². The van der Waals surface area contributed by atoms with Gasteiger partial charge in [-0.2, -0.15) is 11.8 Å². The molecule has 4 rings (SSSR count). The molecule has 2 amide bonds. The van der Waals surface area contributed by atoms with Crippen molar-refractivity contribution in [1.29, 1.82) is 0 Å². The maximum absolute atomic E-state index is 13.0. The minimum Gasteiger partial charge on any atom is -0.354 e. The van der Waals surface area contributed by atoms with Gasteiger partial charge in [0.25, 0.3) is 5.91 Å². The highest BCUT2D eigenvalue weighted by molar-refractivity contribution is 7.98. The number of fused-ring (bicyclic) bond motifs is 1. The van der Waals surface area contributed by atoms with Crippen LogP contribution in [-0.2, 0) is 17.0 Å². The van der Waals surface area contributed by atoms with Crippen molar-refractivity contribution in [2.24, 2.45) is 0 Å². The lowest BCUT2D eigenvalue weighted by atomic mass is 10.0. The van der Waals surface area contributed by atoms with Crippen LogP contribution < -0.4 is 10.6 Å². The number of aromatic nitrogens is 1. The van der Waals surface area contributed by atoms with Crippen molar-refractivity contribution < 1.29 is 9.59 Å². The van der Waals surface area contributed by atoms with Gasteiger partial charge in [-0.1, -0.05) is 0 Å². The van der Waals surface area contributed by atoms with Crippen LogP contribution in [0.15, 0.2) is 24.5 Å². The highest BCUT2D eigenvalue weighted by Crippen LogP contribution is 2.38. The van der Waals surface area contributed by atoms with Gasteiger partial charge in [0.2, 0.25) is 5.91 Å². The van der Waals surface area contributed by atoms with Crippen LogP contribution >= 0.6 is 23.1 Å². The van der Waals surface area contributed by atoms with E-state index in [9.17, 15) is 9.59 Å². The van der Waals surface area contributed by atoms with Crippen molar-refractivity contribution in [1.82, 2.24) is 15.2 Å². The van der Waals surface area contributed by atoms with E-state index in [0.717, 1.165) is 40.5 Å². The number of carbonyl (C=O) groups excluding carboxylic acids is 2. The van der Waals surface area contributed by atoms with Gasteiger partial charge < -0.3 is 15.2 Å². The van der Waals surface area contributed by atoms with Crippen molar-refractivity contribution in [3.8, 4) is 5.00 Å². The van der Waals surface area contributed by atoms with Gasteiger partial charge in [0.15, 0.2) is 0 Å². The average molecular weight is 361 g/mol. The van der Waals surface area contributed by atoms with E-state index in [2.05, 4.69) is 10.6 Å². The summed E-state index contributed by atoms with van der Waals surface area (Å²) in [6.45, 7) is 0.699. The Morgan fingerprint density at radius 2 is 2.17 bits per heavy atom. The molecule has 4 heterocycles. The lowest BCUT2D eigenvalue weighted by molar-refractivity contribution is -0.124. The molecule has 2 N–H and O–H groups in total. The summed E-state index contributed by atoms with van der Waals surface area (Å²) in [6, 6.07) is 3.50. The number of nitrogens with one attached hydrogen (secondary N) is 2. The molecule has 0 radical (unpaired) electrons. The predicted octanol–water partition coefficient (Wildman–Crippen LogP) is 2.34. The molecular weight excluding hydrogens is 342 g/mol. The third-order valence-corrected chi connectivity index (χ3v) is 6.87. The van der Waals surface area contributed by atoms with Gasteiger partial charge in [-0.3, -0.25) is 9.59 Å². The second kappa shape index (κ2) is 6.64. The number of hydrogen-bond acceptors (Lipinski definition) is 4. The smallest absolute Gasteiger partial charge is 0.255 e. The van der Waals surface area contributed by atoms with E-state index in [1.807, 2.05) is 40.9 Å². The van der Waals surface area contributed by atoms with Gasteiger partial charge in [0, 0.05) is 29.6 Å². The molecule has 0 aromatic carbocycles. The normalized spacial score (nSPS) is 20.3. The van der Waals surface area contributed by atoms with Crippen LogP contribution in [0.4, 0.5) is 0 Å². The van der Waals surface area contributed by atoms with Crippen LogP contribution in [0.5, 0.6) is 0 Å². The van der Waals surface area contributed by atoms with Crippen molar-refractivity contribution in [3.05, 3.63) is 40.5 Å². The van der Waals surface area contributed by atoms with Gasteiger partial charge in [0.1, 0.15) is 11.0 Å². The second-order valence-corrected chi connectivity index (χ2v) is 8.22. The molecule has 2 aromatic heterocycles. The molecule has 2 aliphatic heterocycles. The number of hydrogen-bond donors (Lipinski definition) is 2. The molecule has 1 atom stereocenters. The van der Waals surface area contributed by atoms with Crippen LogP contribution in [0.25, 0.3) is 5.00 Å². The highest BCUT2D eigenvalue weighted by atomic mass is 32.2. The minimum atomic E-state index is -0.419. The molecular formula is C17H19N3O2S2. The standard InChI is InChI=1S/C17H19N3O2S2/c21-15-12(4-3-6-18-15)19-16(22)14-11-5-9-23-10-13(11)24-17(14)20-7-1-2-8-20/h1-2,7-8,12H,3-6,9-10H2,(H,18,21)(H,19,22). The summed E-state index contributed by atoms with van der Waals surface area (Å²) in [6.07, 6.45) is 6.46. The summed E-state index contributed by atoms with van der Waals surface area (Å²) in [7, 11) is 0. The number of carbonyl (C=O) groups is 2. The monoisotopic (exact) mass is 361 g/mol. The molecule has 0 saturated carbocycles. The molecule has 1 saturated heterocycles. The lowest BCUT2D eigenvalue weighted by Crippen LogP contribution is -2.50. The largest absolute Gasteiger partial charge is 0.354 e. The molecule has 0 spiro atoms. The fourth-order valence-corrected chi connectivity index (χ4v) is 5.69. The summed E-state index contributed by atoms with van der Waals surface area (Å²) < 4.78 is 2.00. The summed E-state index contributed by atoms with van der Waals surface area (Å²) >= 11 is 3.60. The fourth-order valence-electron chi connectivity index (χ4n) is 3.24. The molecule has 1 fully saturated rings. The molecule has 2 aliphatic rings. The SMILES string of the molecule is O=C(NC1CCCNC1=O)c1c(-n2cccc2)sc2c1CCSC2. The van der Waals surface area contributed by atoms with Gasteiger partial charge in [-0.05, 0) is 42.7 Å². The molecule has 126 valence electrons. The summed E-state index contributed by atoms with van der Waals surface area (Å²) in [5.74, 6) is 1.81. The van der Waals surface area contributed by atoms with Crippen molar-refractivity contribution in [2.45, 2.75) is 31.1 Å². The maximum atomic E-state index is 13.0. The predicted molar refractivity (Wildman–Crippen MR) is 97.0 cm³/mol. The third-order valence-electron chi connectivity index (χ3n) is 4.46. The van der Waals surface area contributed by atoms with Gasteiger partial charge >= 0.3 is 0 Å². The van der Waals surface area contributed by atoms with Gasteiger partial charge in [-0.25, -0.2) is 0 Å². The van der Waals surface area contributed by atoms with E-state index in [-0.39, 0.29) is 11.8 Å². The zero-order chi connectivity index (χ0) is 16.5. The van der Waals surface area contributed by atoms with Crippen LogP contribution in [0.1, 0.15) is 33.6 Å². The minimum absolute atomic E-state index is 0.0724. The van der Waals surface area contributed by atoms with E-state index in [1.54, 1.807) is 11.3 Å². The van der Waals surface area contributed by atoms with Crippen molar-refractivity contribution in [2.75, 3.05) is 12.3 Å². The van der Waals surface area contributed by atoms with E-state index in [4.69, 9.17) is 0 Å². The van der Waals surface area contributed by atoms with E-state index in [0.29, 0.717) is 13.0 Å². The number of thiophene rings is 1. The summed E-state index contributed by atoms with van der Waals surface area (Å²) in [5, 5.41) is 6.75. The maximum Gasteiger partial charge on any atom is 0.255 e. The Kier molecular flexibility index (Phi) is 4.37. The molecule has 24 heavy (non-hydrogen) atoms. The van der Waals surface area contributed by atoms with Crippen molar-refractivity contribution >= 4 is 34.9 Å². The van der Waals surface area contributed by atoms with E-state index < -0.39 is 6.04 Å². The number of amides is 2. The second-order valence-electron chi connectivity index (χ2n) is 6.04. The average Bonchev–Trinajstić information content (AvgIpc) is 3.23. The molecule has 0 aliphatic carbocycles. The number of piperidine rings is 1. The lowest BCUT2D eigenvalue weighted by Gasteiger charge is -2.23. The first-order valence-electron chi connectivity index (χ1n) is 8.18. The quantitative estimate of drug-likeness (QED) is 0.882. The first-order chi connectivity index (χ1) is 11.7. The molecule has 5 nitrogen and oxygen atoms in total. The van der Waals surface area contributed by atoms with Gasteiger partial charge in [0.05, 0.1) is 5.56 Å². The zero-order valence-corrected chi connectivity index (χ0v) is 14.8. The van der Waals surface area contributed by atoms with Crippen LogP contribution in [0.3, 0.4) is 0 Å². The Morgan fingerprint density at radius 3 is 2.96 bits per heavy atom. The van der Waals surface area contributed by atoms with Crippen molar-refractivity contribution in [3.63, 3.8) is 0 Å². The first-order valence-corrected chi connectivity index (χ1v) is 10.2. The first kappa shape index (κ1) is 15.8. The fraction of sp³-hybridized carbons (Fsp3) is 0.412. The number of rotatable bonds is 3. The summed E-state index contributed by atoms with van der Waals surface area (Å²) in [5.41, 5.74) is 1.92. The third kappa shape index (κ3) is 2.86. The Labute approximate surface area is 148 Å². The topological polar surface area (TPSA) is 63.1 Å². The number of thioether (sulfide) groups is 1. The Hall–Kier alpha value is -1.73. The Balaban J connectivity index is 1.69. The van der Waals surface area contributed by atoms with E-state index in [1.165, 1.54) is 4.88 Å². The summed E-state index contributed by atoms with van der Waals surface area (Å²) in [4.78, 5) is 26.3. The zero-order valence-electron chi connectivity index (χ0n) is 13.2. The molecule has 7 heteroatoms. The molecule has 0 bridgehead atoms.